The molecule has 30 heavy (non-hydrogen) atoms. The van der Waals surface area contributed by atoms with E-state index < -0.39 is 5.97 Å². The Morgan fingerprint density at radius 2 is 1.87 bits per heavy atom. The van der Waals surface area contributed by atoms with Crippen molar-refractivity contribution in [3.63, 3.8) is 0 Å². The first-order valence-electron chi connectivity index (χ1n) is 9.19. The molecule has 150 valence electrons. The fraction of sp³-hybridized carbons (Fsp3) is 0.0870. The largest absolute Gasteiger partial charge is 0.478 e. The van der Waals surface area contributed by atoms with E-state index in [1.54, 1.807) is 36.4 Å². The Kier molecular flexibility index (Phi) is 5.29. The number of carboxylic acids is 1. The standard InChI is InChI=1S/C23H18N2O4S/c1-13-8-14(2)10-17(9-13)24-23-25-21(26)20(30-23)12-18-6-7-19(29-18)15-4-3-5-16(11-15)22(27)28/h3-12H,1-2H3,(H,27,28)(H,24,25,26). The third kappa shape index (κ3) is 4.36. The van der Waals surface area contributed by atoms with Crippen LogP contribution in [-0.4, -0.2) is 22.2 Å². The van der Waals surface area contributed by atoms with Gasteiger partial charge in [-0.15, -0.1) is 0 Å². The lowest BCUT2D eigenvalue weighted by Crippen LogP contribution is -2.19. The number of amidine groups is 1. The number of nitrogens with one attached hydrogen (secondary N) is 1. The predicted molar refractivity (Wildman–Crippen MR) is 118 cm³/mol. The van der Waals surface area contributed by atoms with Gasteiger partial charge in [0.05, 0.1) is 16.2 Å². The van der Waals surface area contributed by atoms with Gasteiger partial charge in [-0.05, 0) is 73.1 Å². The lowest BCUT2D eigenvalue weighted by Gasteiger charge is -2.00. The SMILES string of the molecule is Cc1cc(C)cc(N=C2NC(=O)C(=Cc3ccc(-c4cccc(C(=O)O)c4)o3)S2)c1. The van der Waals surface area contributed by atoms with Gasteiger partial charge in [0.15, 0.2) is 5.17 Å². The molecular formula is C23H18N2O4S. The summed E-state index contributed by atoms with van der Waals surface area (Å²) in [5.74, 6) is -0.220. The average molecular weight is 418 g/mol. The van der Waals surface area contributed by atoms with Crippen LogP contribution in [-0.2, 0) is 4.79 Å². The number of hydrogen-bond donors (Lipinski definition) is 2. The van der Waals surface area contributed by atoms with Crippen LogP contribution in [0.5, 0.6) is 0 Å². The number of amides is 1. The number of furan rings is 1. The van der Waals surface area contributed by atoms with Gasteiger partial charge < -0.3 is 14.8 Å². The minimum absolute atomic E-state index is 0.182. The summed E-state index contributed by atoms with van der Waals surface area (Å²) in [6.07, 6.45) is 1.65. The molecule has 0 saturated carbocycles. The lowest BCUT2D eigenvalue weighted by molar-refractivity contribution is -0.115. The second kappa shape index (κ2) is 8.04. The highest BCUT2D eigenvalue weighted by molar-refractivity contribution is 8.18. The van der Waals surface area contributed by atoms with Crippen LogP contribution in [0.3, 0.4) is 0 Å². The van der Waals surface area contributed by atoms with Crippen molar-refractivity contribution in [2.75, 3.05) is 0 Å². The molecule has 1 aromatic heterocycles. The number of carboxylic acid groups (broad SMARTS) is 1. The minimum Gasteiger partial charge on any atom is -0.478 e. The molecule has 2 aromatic carbocycles. The molecule has 3 aromatic rings. The Balaban J connectivity index is 1.56. The molecule has 0 unspecified atom stereocenters. The van der Waals surface area contributed by atoms with E-state index in [0.717, 1.165) is 16.8 Å². The highest BCUT2D eigenvalue weighted by Crippen LogP contribution is 2.30. The second-order valence-corrected chi connectivity index (χ2v) is 7.95. The minimum atomic E-state index is -1.000. The highest BCUT2D eigenvalue weighted by Gasteiger charge is 2.24. The van der Waals surface area contributed by atoms with Crippen molar-refractivity contribution >= 4 is 40.6 Å². The van der Waals surface area contributed by atoms with Gasteiger partial charge in [0.25, 0.3) is 5.91 Å². The monoisotopic (exact) mass is 418 g/mol. The predicted octanol–water partition coefficient (Wildman–Crippen LogP) is 5.15. The van der Waals surface area contributed by atoms with E-state index in [4.69, 9.17) is 9.52 Å². The molecule has 0 aliphatic carbocycles. The number of carbonyl (C=O) groups is 2. The van der Waals surface area contributed by atoms with Crippen molar-refractivity contribution in [2.24, 2.45) is 4.99 Å². The van der Waals surface area contributed by atoms with Crippen LogP contribution < -0.4 is 5.32 Å². The quantitative estimate of drug-likeness (QED) is 0.572. The topological polar surface area (TPSA) is 91.9 Å². The zero-order valence-electron chi connectivity index (χ0n) is 16.3. The van der Waals surface area contributed by atoms with Crippen LogP contribution in [0.15, 0.2) is 68.9 Å². The molecule has 1 fully saturated rings. The van der Waals surface area contributed by atoms with Gasteiger partial charge in [0, 0.05) is 11.6 Å². The highest BCUT2D eigenvalue weighted by atomic mass is 32.2. The normalized spacial score (nSPS) is 16.3. The number of hydrogen-bond acceptors (Lipinski definition) is 5. The third-order valence-corrected chi connectivity index (χ3v) is 5.29. The van der Waals surface area contributed by atoms with Gasteiger partial charge in [-0.25, -0.2) is 9.79 Å². The maximum atomic E-state index is 12.3. The summed E-state index contributed by atoms with van der Waals surface area (Å²) >= 11 is 1.24. The summed E-state index contributed by atoms with van der Waals surface area (Å²) in [4.78, 5) is 28.5. The maximum absolute atomic E-state index is 12.3. The first kappa shape index (κ1) is 19.7. The maximum Gasteiger partial charge on any atom is 0.335 e. The molecule has 0 atom stereocenters. The molecule has 4 rings (SSSR count). The van der Waals surface area contributed by atoms with Crippen LogP contribution in [0.1, 0.15) is 27.2 Å². The summed E-state index contributed by atoms with van der Waals surface area (Å²) in [6.45, 7) is 4.01. The summed E-state index contributed by atoms with van der Waals surface area (Å²) in [5.41, 5.74) is 3.83. The molecular weight excluding hydrogens is 400 g/mol. The third-order valence-electron chi connectivity index (χ3n) is 4.38. The number of thioether (sulfide) groups is 1. The van der Waals surface area contributed by atoms with Crippen LogP contribution in [0.4, 0.5) is 5.69 Å². The van der Waals surface area contributed by atoms with Crippen molar-refractivity contribution in [3.05, 3.63) is 82.0 Å². The molecule has 1 aliphatic heterocycles. The lowest BCUT2D eigenvalue weighted by atomic mass is 10.1. The van der Waals surface area contributed by atoms with Crippen molar-refractivity contribution < 1.29 is 19.1 Å². The van der Waals surface area contributed by atoms with E-state index in [1.165, 1.54) is 17.8 Å². The molecule has 7 heteroatoms. The first-order chi connectivity index (χ1) is 14.4. The van der Waals surface area contributed by atoms with Crippen molar-refractivity contribution in [1.82, 2.24) is 5.32 Å². The molecule has 1 amide bonds. The number of rotatable bonds is 4. The zero-order chi connectivity index (χ0) is 21.3. The van der Waals surface area contributed by atoms with Crippen LogP contribution in [0.25, 0.3) is 17.4 Å². The number of nitrogens with zero attached hydrogens (tertiary/aromatic N) is 1. The van der Waals surface area contributed by atoms with Gasteiger partial charge in [-0.1, -0.05) is 18.2 Å². The van der Waals surface area contributed by atoms with Crippen LogP contribution in [0.2, 0.25) is 0 Å². The van der Waals surface area contributed by atoms with Gasteiger partial charge >= 0.3 is 5.97 Å². The molecule has 0 spiro atoms. The van der Waals surface area contributed by atoms with Gasteiger partial charge in [-0.2, -0.15) is 0 Å². The number of benzene rings is 2. The Morgan fingerprint density at radius 1 is 1.10 bits per heavy atom. The number of aromatic carboxylic acids is 1. The number of carbonyl (C=O) groups excluding carboxylic acids is 1. The van der Waals surface area contributed by atoms with Crippen LogP contribution in [0, 0.1) is 13.8 Å². The summed E-state index contributed by atoms with van der Waals surface area (Å²) < 4.78 is 5.80. The van der Waals surface area contributed by atoms with Gasteiger partial charge in [0.1, 0.15) is 11.5 Å². The van der Waals surface area contributed by atoms with Crippen molar-refractivity contribution in [1.29, 1.82) is 0 Å². The van der Waals surface area contributed by atoms with Gasteiger partial charge in [0.2, 0.25) is 0 Å². The second-order valence-electron chi connectivity index (χ2n) is 6.92. The fourth-order valence-corrected chi connectivity index (χ4v) is 3.96. The Bertz CT molecular complexity index is 1200. The Labute approximate surface area is 177 Å². The molecule has 0 bridgehead atoms. The van der Waals surface area contributed by atoms with Crippen molar-refractivity contribution in [2.45, 2.75) is 13.8 Å². The van der Waals surface area contributed by atoms with E-state index in [9.17, 15) is 9.59 Å². The summed E-state index contributed by atoms with van der Waals surface area (Å²) in [6, 6.07) is 16.0. The fourth-order valence-electron chi connectivity index (χ4n) is 3.13. The van der Waals surface area contributed by atoms with E-state index in [2.05, 4.69) is 16.4 Å². The number of aryl methyl sites for hydroxylation is 2. The van der Waals surface area contributed by atoms with E-state index >= 15 is 0 Å². The van der Waals surface area contributed by atoms with Crippen molar-refractivity contribution in [3.8, 4) is 11.3 Å². The molecule has 6 nitrogen and oxygen atoms in total. The van der Waals surface area contributed by atoms with E-state index in [1.807, 2.05) is 26.0 Å². The Hall–Kier alpha value is -3.58. The van der Waals surface area contributed by atoms with Crippen LogP contribution >= 0.6 is 11.8 Å². The zero-order valence-corrected chi connectivity index (χ0v) is 17.1. The molecule has 2 heterocycles. The molecule has 0 radical (unpaired) electrons. The van der Waals surface area contributed by atoms with E-state index in [-0.39, 0.29) is 11.5 Å². The smallest absolute Gasteiger partial charge is 0.335 e. The average Bonchev–Trinajstić information content (AvgIpc) is 3.28. The number of aliphatic imine (C=N–C) groups is 1. The molecule has 1 saturated heterocycles. The summed E-state index contributed by atoms with van der Waals surface area (Å²) in [5, 5.41) is 12.4. The van der Waals surface area contributed by atoms with E-state index in [0.29, 0.717) is 27.2 Å². The van der Waals surface area contributed by atoms with Gasteiger partial charge in [-0.3, -0.25) is 4.79 Å². The summed E-state index contributed by atoms with van der Waals surface area (Å²) in [7, 11) is 0. The first-order valence-corrected chi connectivity index (χ1v) is 10.0. The molecule has 1 aliphatic rings. The Morgan fingerprint density at radius 3 is 2.60 bits per heavy atom. The molecule has 2 N–H and O–H groups in total.